The maximum Gasteiger partial charge on any atom is 0.317 e. The molecule has 3 fully saturated rings. The van der Waals surface area contributed by atoms with Gasteiger partial charge in [-0.15, -0.1) is 5.10 Å². The Morgan fingerprint density at radius 1 is 1.07 bits per heavy atom. The van der Waals surface area contributed by atoms with E-state index in [2.05, 4.69) is 21.8 Å². The Kier molecular flexibility index (Phi) is 5.39. The molecule has 1 aromatic rings. The van der Waals surface area contributed by atoms with Crippen LogP contribution in [0.25, 0.3) is 0 Å². The molecule has 3 heterocycles. The minimum Gasteiger partial charge on any atom is -0.334 e. The van der Waals surface area contributed by atoms with Crippen LogP contribution in [-0.4, -0.2) is 65.0 Å². The van der Waals surface area contributed by atoms with E-state index in [1.165, 1.54) is 32.1 Å². The monoisotopic (exact) mass is 395 g/mol. The fourth-order valence-corrected chi connectivity index (χ4v) is 6.24. The number of aromatic nitrogens is 3. The summed E-state index contributed by atoms with van der Waals surface area (Å²) in [6.07, 6.45) is 10.7. The fourth-order valence-electron chi connectivity index (χ4n) is 4.56. The molecular formula is C18H29N5O3S. The second-order valence-electron chi connectivity index (χ2n) is 8.23. The number of rotatable bonds is 3. The quantitative estimate of drug-likeness (QED) is 0.842. The molecule has 1 atom stereocenters. The van der Waals surface area contributed by atoms with Gasteiger partial charge in [-0.2, -0.15) is 0 Å². The molecule has 1 saturated carbocycles. The third-order valence-corrected chi connectivity index (χ3v) is 8.01. The Labute approximate surface area is 160 Å². The normalized spacial score (nSPS) is 27.0. The van der Waals surface area contributed by atoms with E-state index in [-0.39, 0.29) is 29.6 Å². The van der Waals surface area contributed by atoms with E-state index in [0.29, 0.717) is 25.4 Å². The molecule has 1 aromatic heterocycles. The Morgan fingerprint density at radius 2 is 1.81 bits per heavy atom. The van der Waals surface area contributed by atoms with E-state index in [1.54, 1.807) is 4.90 Å². The minimum atomic E-state index is -2.98. The van der Waals surface area contributed by atoms with Gasteiger partial charge in [0.05, 0.1) is 23.2 Å². The molecule has 0 aromatic carbocycles. The van der Waals surface area contributed by atoms with E-state index in [0.717, 1.165) is 18.5 Å². The Morgan fingerprint density at radius 3 is 2.48 bits per heavy atom. The summed E-state index contributed by atoms with van der Waals surface area (Å²) in [4.78, 5) is 14.2. The number of hydrogen-bond acceptors (Lipinski definition) is 5. The van der Waals surface area contributed by atoms with Crippen LogP contribution < -0.4 is 5.32 Å². The van der Waals surface area contributed by atoms with Crippen LogP contribution >= 0.6 is 0 Å². The van der Waals surface area contributed by atoms with Gasteiger partial charge in [0.2, 0.25) is 0 Å². The van der Waals surface area contributed by atoms with E-state index < -0.39 is 9.84 Å². The number of nitrogens with zero attached hydrogens (tertiary/aromatic N) is 4. The summed E-state index contributed by atoms with van der Waals surface area (Å²) in [5.74, 6) is 0.800. The first-order valence-corrected chi connectivity index (χ1v) is 12.0. The molecule has 0 spiro atoms. The molecule has 8 nitrogen and oxygen atoms in total. The van der Waals surface area contributed by atoms with Crippen LogP contribution in [0.2, 0.25) is 0 Å². The zero-order valence-corrected chi connectivity index (χ0v) is 16.5. The molecule has 0 radical (unpaired) electrons. The van der Waals surface area contributed by atoms with Crippen molar-refractivity contribution in [3.63, 3.8) is 0 Å². The molecule has 2 aliphatic heterocycles. The maximum atomic E-state index is 12.4. The molecule has 4 rings (SSSR count). The van der Waals surface area contributed by atoms with Crippen molar-refractivity contribution >= 4 is 15.9 Å². The number of carbonyl (C=O) groups excluding carboxylic acids is 1. The van der Waals surface area contributed by atoms with Crippen LogP contribution in [0.15, 0.2) is 6.20 Å². The third-order valence-electron chi connectivity index (χ3n) is 6.24. The molecule has 0 bridgehead atoms. The van der Waals surface area contributed by atoms with Gasteiger partial charge < -0.3 is 10.2 Å². The van der Waals surface area contributed by atoms with Crippen LogP contribution in [0.4, 0.5) is 4.79 Å². The number of sulfone groups is 1. The van der Waals surface area contributed by atoms with Crippen molar-refractivity contribution in [1.29, 1.82) is 0 Å². The minimum absolute atomic E-state index is 0.0676. The third kappa shape index (κ3) is 4.44. The molecule has 3 aliphatic rings. The van der Waals surface area contributed by atoms with Crippen LogP contribution in [0.1, 0.15) is 69.0 Å². The Bertz CT molecular complexity index is 764. The SMILES string of the molecule is O=C(N[C@H]1CCS(=O)(=O)C1)N1CCC(n2cc(C3CCCCC3)nn2)CC1. The standard InChI is InChI=1S/C18H29N5O3S/c24-18(19-15-8-11-27(25,26)13-15)22-9-6-16(7-10-22)23-12-17(20-21-23)14-4-2-1-3-5-14/h12,14-16H,1-11,13H2,(H,19,24)/t15-/m0/s1. The predicted octanol–water partition coefficient (Wildman–Crippen LogP) is 1.86. The molecule has 2 amide bonds. The highest BCUT2D eigenvalue weighted by molar-refractivity contribution is 7.91. The highest BCUT2D eigenvalue weighted by atomic mass is 32.2. The second-order valence-corrected chi connectivity index (χ2v) is 10.5. The first-order valence-electron chi connectivity index (χ1n) is 10.2. The van der Waals surface area contributed by atoms with Gasteiger partial charge in [0.15, 0.2) is 9.84 Å². The molecule has 9 heteroatoms. The lowest BCUT2D eigenvalue weighted by atomic mass is 9.87. The van der Waals surface area contributed by atoms with E-state index in [1.807, 2.05) is 4.68 Å². The maximum absolute atomic E-state index is 12.4. The topological polar surface area (TPSA) is 97.2 Å². The second kappa shape index (κ2) is 7.77. The summed E-state index contributed by atoms with van der Waals surface area (Å²) >= 11 is 0. The molecule has 0 unspecified atom stereocenters. The summed E-state index contributed by atoms with van der Waals surface area (Å²) in [5, 5.41) is 11.7. The molecule has 27 heavy (non-hydrogen) atoms. The van der Waals surface area contributed by atoms with Gasteiger partial charge in [0.25, 0.3) is 0 Å². The summed E-state index contributed by atoms with van der Waals surface area (Å²) in [6.45, 7) is 1.32. The number of amides is 2. The van der Waals surface area contributed by atoms with Crippen molar-refractivity contribution in [3.8, 4) is 0 Å². The van der Waals surface area contributed by atoms with Gasteiger partial charge in [0, 0.05) is 31.2 Å². The lowest BCUT2D eigenvalue weighted by molar-refractivity contribution is 0.165. The van der Waals surface area contributed by atoms with Gasteiger partial charge in [-0.1, -0.05) is 24.5 Å². The highest BCUT2D eigenvalue weighted by Crippen LogP contribution is 2.32. The van der Waals surface area contributed by atoms with Crippen LogP contribution in [-0.2, 0) is 9.84 Å². The Hall–Kier alpha value is -1.64. The summed E-state index contributed by atoms with van der Waals surface area (Å²) in [5.41, 5.74) is 1.12. The van der Waals surface area contributed by atoms with Gasteiger partial charge in [-0.3, -0.25) is 0 Å². The largest absolute Gasteiger partial charge is 0.334 e. The van der Waals surface area contributed by atoms with Gasteiger partial charge >= 0.3 is 6.03 Å². The van der Waals surface area contributed by atoms with Crippen molar-refractivity contribution < 1.29 is 13.2 Å². The summed E-state index contributed by atoms with van der Waals surface area (Å²) in [6, 6.07) is -0.101. The number of urea groups is 1. The number of likely N-dealkylation sites (tertiary alicyclic amines) is 1. The van der Waals surface area contributed by atoms with Crippen molar-refractivity contribution in [2.24, 2.45) is 0 Å². The lowest BCUT2D eigenvalue weighted by Crippen LogP contribution is -2.48. The number of piperidine rings is 1. The first kappa shape index (κ1) is 18.7. The first-order chi connectivity index (χ1) is 13.0. The molecule has 1 aliphatic carbocycles. The van der Waals surface area contributed by atoms with E-state index in [9.17, 15) is 13.2 Å². The zero-order chi connectivity index (χ0) is 18.9. The summed E-state index contributed by atoms with van der Waals surface area (Å²) < 4.78 is 25.1. The number of hydrogen-bond donors (Lipinski definition) is 1. The van der Waals surface area contributed by atoms with Crippen LogP contribution in [0.5, 0.6) is 0 Å². The van der Waals surface area contributed by atoms with Crippen LogP contribution in [0.3, 0.4) is 0 Å². The summed E-state index contributed by atoms with van der Waals surface area (Å²) in [7, 11) is -2.98. The fraction of sp³-hybridized carbons (Fsp3) is 0.833. The molecule has 150 valence electrons. The van der Waals surface area contributed by atoms with Crippen molar-refractivity contribution in [2.75, 3.05) is 24.6 Å². The number of carbonyl (C=O) groups is 1. The number of nitrogens with one attached hydrogen (secondary N) is 1. The smallest absolute Gasteiger partial charge is 0.317 e. The molecule has 2 saturated heterocycles. The highest BCUT2D eigenvalue weighted by Gasteiger charge is 2.31. The zero-order valence-electron chi connectivity index (χ0n) is 15.7. The van der Waals surface area contributed by atoms with Gasteiger partial charge in [0.1, 0.15) is 0 Å². The average Bonchev–Trinajstić information content (AvgIpc) is 3.29. The predicted molar refractivity (Wildman–Crippen MR) is 101 cm³/mol. The van der Waals surface area contributed by atoms with Crippen LogP contribution in [0, 0.1) is 0 Å². The van der Waals surface area contributed by atoms with Gasteiger partial charge in [-0.25, -0.2) is 17.9 Å². The van der Waals surface area contributed by atoms with Gasteiger partial charge in [-0.05, 0) is 32.1 Å². The molecule has 1 N–H and O–H groups in total. The molecular weight excluding hydrogens is 366 g/mol. The lowest BCUT2D eigenvalue weighted by Gasteiger charge is -2.32. The van der Waals surface area contributed by atoms with Crippen molar-refractivity contribution in [1.82, 2.24) is 25.2 Å². The van der Waals surface area contributed by atoms with Crippen molar-refractivity contribution in [3.05, 3.63) is 11.9 Å². The average molecular weight is 396 g/mol. The van der Waals surface area contributed by atoms with E-state index >= 15 is 0 Å². The van der Waals surface area contributed by atoms with Crippen molar-refractivity contribution in [2.45, 2.75) is 69.4 Å². The Balaban J connectivity index is 1.27. The van der Waals surface area contributed by atoms with E-state index in [4.69, 9.17) is 0 Å².